The number of hydrogen-bond donors (Lipinski definition) is 1. The van der Waals surface area contributed by atoms with Gasteiger partial charge in [-0.2, -0.15) is 0 Å². The van der Waals surface area contributed by atoms with Crippen LogP contribution in [0.3, 0.4) is 0 Å². The van der Waals surface area contributed by atoms with Crippen LogP contribution < -0.4 is 5.73 Å². The summed E-state index contributed by atoms with van der Waals surface area (Å²) in [5.41, 5.74) is 6.67. The predicted molar refractivity (Wildman–Crippen MR) is 66.9 cm³/mol. The van der Waals surface area contributed by atoms with E-state index in [1.165, 1.54) is 12.1 Å². The lowest BCUT2D eigenvalue weighted by molar-refractivity contribution is 0.00357. The highest BCUT2D eigenvalue weighted by molar-refractivity contribution is 5.95. The molecule has 4 nitrogen and oxygen atoms in total. The quantitative estimate of drug-likeness (QED) is 0.772. The van der Waals surface area contributed by atoms with Crippen LogP contribution in [0.2, 0.25) is 0 Å². The normalized spacial score (nSPS) is 19.9. The summed E-state index contributed by atoms with van der Waals surface area (Å²) in [5, 5.41) is 0. The molecule has 1 amide bonds. The summed E-state index contributed by atoms with van der Waals surface area (Å²) >= 11 is 0. The van der Waals surface area contributed by atoms with Crippen molar-refractivity contribution in [1.29, 1.82) is 0 Å². The smallest absolute Gasteiger partial charge is 0.254 e. The van der Waals surface area contributed by atoms with Crippen molar-refractivity contribution < 1.29 is 13.9 Å². The molecule has 0 radical (unpaired) electrons. The lowest BCUT2D eigenvalue weighted by Crippen LogP contribution is -2.47. The van der Waals surface area contributed by atoms with Crippen molar-refractivity contribution in [2.45, 2.75) is 19.9 Å². The van der Waals surface area contributed by atoms with Crippen LogP contribution in [0.15, 0.2) is 12.1 Å². The van der Waals surface area contributed by atoms with E-state index in [1.807, 2.05) is 6.92 Å². The number of rotatable bonds is 1. The van der Waals surface area contributed by atoms with Crippen LogP contribution in [0.5, 0.6) is 0 Å². The minimum Gasteiger partial charge on any atom is -0.398 e. The van der Waals surface area contributed by atoms with Gasteiger partial charge < -0.3 is 15.4 Å². The molecule has 2 rings (SSSR count). The molecule has 5 heteroatoms. The molecule has 18 heavy (non-hydrogen) atoms. The summed E-state index contributed by atoms with van der Waals surface area (Å²) in [4.78, 5) is 14.0. The Hall–Kier alpha value is -1.62. The number of morpholine rings is 1. The first-order valence-corrected chi connectivity index (χ1v) is 5.95. The van der Waals surface area contributed by atoms with Gasteiger partial charge in [-0.1, -0.05) is 0 Å². The summed E-state index contributed by atoms with van der Waals surface area (Å²) < 4.78 is 18.9. The molecule has 1 saturated heterocycles. The fourth-order valence-electron chi connectivity index (χ4n) is 2.02. The number of hydrogen-bond acceptors (Lipinski definition) is 3. The molecule has 0 saturated carbocycles. The number of halogens is 1. The standard InChI is InChI=1S/C13H17FN2O2/c1-8-7-18-4-3-16(8)13(17)10-5-11(14)9(2)12(15)6-10/h5-6,8H,3-4,7,15H2,1-2H3/t8-/m1/s1. The van der Waals surface area contributed by atoms with Crippen LogP contribution in [0.25, 0.3) is 0 Å². The summed E-state index contributed by atoms with van der Waals surface area (Å²) in [5.74, 6) is -0.643. The van der Waals surface area contributed by atoms with Gasteiger partial charge in [-0.3, -0.25) is 4.79 Å². The van der Waals surface area contributed by atoms with E-state index in [4.69, 9.17) is 10.5 Å². The molecule has 1 atom stereocenters. The van der Waals surface area contributed by atoms with Crippen LogP contribution in [0.1, 0.15) is 22.8 Å². The molecule has 2 N–H and O–H groups in total. The van der Waals surface area contributed by atoms with Gasteiger partial charge in [0.25, 0.3) is 5.91 Å². The third kappa shape index (κ3) is 2.31. The number of nitrogen functional groups attached to an aromatic ring is 1. The summed E-state index contributed by atoms with van der Waals surface area (Å²) in [6, 6.07) is 2.77. The Morgan fingerprint density at radius 1 is 1.56 bits per heavy atom. The molecule has 1 fully saturated rings. The van der Waals surface area contributed by atoms with Crippen LogP contribution in [0, 0.1) is 12.7 Å². The molecule has 98 valence electrons. The molecular formula is C13H17FN2O2. The number of amides is 1. The minimum absolute atomic E-state index is 0.00293. The fourth-order valence-corrected chi connectivity index (χ4v) is 2.02. The van der Waals surface area contributed by atoms with E-state index in [-0.39, 0.29) is 11.9 Å². The van der Waals surface area contributed by atoms with Gasteiger partial charge in [0.1, 0.15) is 5.82 Å². The van der Waals surface area contributed by atoms with E-state index < -0.39 is 5.82 Å². The molecule has 1 heterocycles. The molecule has 1 aliphatic rings. The van der Waals surface area contributed by atoms with Gasteiger partial charge in [0, 0.05) is 23.4 Å². The van der Waals surface area contributed by atoms with Gasteiger partial charge in [-0.05, 0) is 26.0 Å². The zero-order chi connectivity index (χ0) is 13.3. The second-order valence-electron chi connectivity index (χ2n) is 4.59. The Kier molecular flexibility index (Phi) is 3.52. The van der Waals surface area contributed by atoms with Crippen LogP contribution in [0.4, 0.5) is 10.1 Å². The highest BCUT2D eigenvalue weighted by Crippen LogP contribution is 2.20. The monoisotopic (exact) mass is 252 g/mol. The third-order valence-electron chi connectivity index (χ3n) is 3.26. The zero-order valence-electron chi connectivity index (χ0n) is 10.6. The van der Waals surface area contributed by atoms with Crippen molar-refractivity contribution >= 4 is 11.6 Å². The number of nitrogens with two attached hydrogens (primary N) is 1. The van der Waals surface area contributed by atoms with Crippen molar-refractivity contribution in [3.63, 3.8) is 0 Å². The van der Waals surface area contributed by atoms with Gasteiger partial charge in [0.15, 0.2) is 0 Å². The zero-order valence-corrected chi connectivity index (χ0v) is 10.6. The molecule has 0 aromatic heterocycles. The first-order valence-electron chi connectivity index (χ1n) is 5.95. The highest BCUT2D eigenvalue weighted by atomic mass is 19.1. The van der Waals surface area contributed by atoms with Crippen LogP contribution >= 0.6 is 0 Å². The predicted octanol–water partition coefficient (Wildman–Crippen LogP) is 1.58. The topological polar surface area (TPSA) is 55.6 Å². The van der Waals surface area contributed by atoms with E-state index in [1.54, 1.807) is 11.8 Å². The van der Waals surface area contributed by atoms with E-state index in [2.05, 4.69) is 0 Å². The second-order valence-corrected chi connectivity index (χ2v) is 4.59. The van der Waals surface area contributed by atoms with E-state index in [9.17, 15) is 9.18 Å². The number of carbonyl (C=O) groups is 1. The van der Waals surface area contributed by atoms with Gasteiger partial charge in [-0.15, -0.1) is 0 Å². The Labute approximate surface area is 106 Å². The molecule has 1 aromatic rings. The van der Waals surface area contributed by atoms with E-state index >= 15 is 0 Å². The average Bonchev–Trinajstić information content (AvgIpc) is 2.35. The summed E-state index contributed by atoms with van der Waals surface area (Å²) in [6.07, 6.45) is 0. The molecular weight excluding hydrogens is 235 g/mol. The third-order valence-corrected chi connectivity index (χ3v) is 3.26. The maximum Gasteiger partial charge on any atom is 0.254 e. The first kappa shape index (κ1) is 12.8. The van der Waals surface area contributed by atoms with Gasteiger partial charge in [0.05, 0.1) is 19.3 Å². The van der Waals surface area contributed by atoms with Gasteiger partial charge in [-0.25, -0.2) is 4.39 Å². The van der Waals surface area contributed by atoms with Crippen molar-refractivity contribution in [1.82, 2.24) is 4.90 Å². The largest absolute Gasteiger partial charge is 0.398 e. The van der Waals surface area contributed by atoms with Crippen molar-refractivity contribution in [2.75, 3.05) is 25.5 Å². The van der Waals surface area contributed by atoms with E-state index in [0.717, 1.165) is 0 Å². The Morgan fingerprint density at radius 2 is 2.28 bits per heavy atom. The maximum absolute atomic E-state index is 13.6. The molecule has 1 aromatic carbocycles. The first-order chi connectivity index (χ1) is 8.50. The SMILES string of the molecule is Cc1c(N)cc(C(=O)N2CCOC[C@H]2C)cc1F. The number of anilines is 1. The second kappa shape index (κ2) is 4.94. The molecule has 0 aliphatic carbocycles. The van der Waals surface area contributed by atoms with E-state index in [0.29, 0.717) is 36.6 Å². The lowest BCUT2D eigenvalue weighted by atomic mass is 10.1. The number of carbonyl (C=O) groups excluding carboxylic acids is 1. The molecule has 0 bridgehead atoms. The number of benzene rings is 1. The number of nitrogens with zero attached hydrogens (tertiary/aromatic N) is 1. The molecule has 0 spiro atoms. The average molecular weight is 252 g/mol. The Bertz CT molecular complexity index is 453. The number of ether oxygens (including phenoxy) is 1. The van der Waals surface area contributed by atoms with Crippen molar-refractivity contribution in [3.05, 3.63) is 29.1 Å². The Balaban J connectivity index is 2.28. The maximum atomic E-state index is 13.6. The lowest BCUT2D eigenvalue weighted by Gasteiger charge is -2.33. The summed E-state index contributed by atoms with van der Waals surface area (Å²) in [6.45, 7) is 5.05. The van der Waals surface area contributed by atoms with Crippen molar-refractivity contribution in [2.24, 2.45) is 0 Å². The van der Waals surface area contributed by atoms with Crippen LogP contribution in [-0.2, 0) is 4.74 Å². The Morgan fingerprint density at radius 3 is 2.89 bits per heavy atom. The molecule has 1 aliphatic heterocycles. The van der Waals surface area contributed by atoms with Crippen molar-refractivity contribution in [3.8, 4) is 0 Å². The highest BCUT2D eigenvalue weighted by Gasteiger charge is 2.25. The van der Waals surface area contributed by atoms with Crippen LogP contribution in [-0.4, -0.2) is 36.6 Å². The summed E-state index contributed by atoms with van der Waals surface area (Å²) in [7, 11) is 0. The van der Waals surface area contributed by atoms with Gasteiger partial charge in [0.2, 0.25) is 0 Å². The fraction of sp³-hybridized carbons (Fsp3) is 0.462. The minimum atomic E-state index is -0.445. The molecule has 0 unspecified atom stereocenters. The van der Waals surface area contributed by atoms with Gasteiger partial charge >= 0.3 is 0 Å².